The highest BCUT2D eigenvalue weighted by Crippen LogP contribution is 2.33. The predicted molar refractivity (Wildman–Crippen MR) is 84.1 cm³/mol. The van der Waals surface area contributed by atoms with Crippen LogP contribution in [-0.4, -0.2) is 28.3 Å². The molecule has 1 aromatic carbocycles. The lowest BCUT2D eigenvalue weighted by atomic mass is 10.2. The first kappa shape index (κ1) is 15.7. The van der Waals surface area contributed by atoms with Gasteiger partial charge in [0, 0.05) is 16.5 Å². The molecule has 0 aliphatic rings. The fourth-order valence-electron chi connectivity index (χ4n) is 1.65. The predicted octanol–water partition coefficient (Wildman–Crippen LogP) is 2.83. The fraction of sp³-hybridized carbons (Fsp3) is 0.231. The number of benzene rings is 1. The van der Waals surface area contributed by atoms with Crippen molar-refractivity contribution >= 4 is 28.4 Å². The Labute approximate surface area is 130 Å². The molecule has 0 unspecified atom stereocenters. The van der Waals surface area contributed by atoms with Crippen molar-refractivity contribution in [1.29, 1.82) is 0 Å². The van der Waals surface area contributed by atoms with E-state index in [-0.39, 0.29) is 22.7 Å². The topological polar surface area (TPSA) is 110 Å². The van der Waals surface area contributed by atoms with Crippen LogP contribution in [0.4, 0.5) is 10.8 Å². The number of aryl methyl sites for hydroxylation is 2. The van der Waals surface area contributed by atoms with Gasteiger partial charge < -0.3 is 9.84 Å². The van der Waals surface area contributed by atoms with Crippen LogP contribution >= 0.6 is 11.3 Å². The van der Waals surface area contributed by atoms with Crippen LogP contribution in [-0.2, 0) is 0 Å². The highest BCUT2D eigenvalue weighted by atomic mass is 32.1. The molecule has 0 spiro atoms. The Morgan fingerprint density at radius 1 is 1.50 bits per heavy atom. The lowest BCUT2D eigenvalue weighted by molar-refractivity contribution is -0.385. The number of non-ortho nitro benzene ring substituents is 1. The molecule has 0 fully saturated rings. The molecule has 2 aromatic rings. The molecule has 0 amide bonds. The molecule has 116 valence electrons. The van der Waals surface area contributed by atoms with E-state index >= 15 is 0 Å². The van der Waals surface area contributed by atoms with Gasteiger partial charge in [-0.15, -0.1) is 11.3 Å². The molecule has 2 rings (SSSR count). The van der Waals surface area contributed by atoms with Gasteiger partial charge in [-0.05, 0) is 13.8 Å². The van der Waals surface area contributed by atoms with E-state index in [1.807, 2.05) is 13.8 Å². The standard InChI is InChI=1S/C13H14N4O4S/c1-7-8(2)22-13(15-7)16-14-6-9-4-10(17(19)20)5-11(21-3)12(9)18/h4-6,18H,1-3H3,(H,15,16)/b14-6+. The van der Waals surface area contributed by atoms with Crippen LogP contribution in [0, 0.1) is 24.0 Å². The van der Waals surface area contributed by atoms with Crippen LogP contribution in [0.25, 0.3) is 0 Å². The summed E-state index contributed by atoms with van der Waals surface area (Å²) in [6.07, 6.45) is 1.27. The van der Waals surface area contributed by atoms with E-state index in [2.05, 4.69) is 15.5 Å². The Kier molecular flexibility index (Phi) is 4.56. The number of thiazole rings is 1. The number of anilines is 1. The zero-order chi connectivity index (χ0) is 16.3. The number of aromatic nitrogens is 1. The van der Waals surface area contributed by atoms with E-state index in [4.69, 9.17) is 4.74 Å². The number of ether oxygens (including phenoxy) is 1. The maximum Gasteiger partial charge on any atom is 0.274 e. The third-order valence-electron chi connectivity index (χ3n) is 2.91. The van der Waals surface area contributed by atoms with Crippen molar-refractivity contribution < 1.29 is 14.8 Å². The van der Waals surface area contributed by atoms with E-state index in [0.717, 1.165) is 16.6 Å². The number of hydrogen-bond donors (Lipinski definition) is 2. The summed E-state index contributed by atoms with van der Waals surface area (Å²) in [4.78, 5) is 15.6. The Morgan fingerprint density at radius 3 is 2.77 bits per heavy atom. The van der Waals surface area contributed by atoms with Crippen LogP contribution in [0.5, 0.6) is 11.5 Å². The molecule has 0 aliphatic heterocycles. The van der Waals surface area contributed by atoms with Crippen molar-refractivity contribution in [3.63, 3.8) is 0 Å². The zero-order valence-corrected chi connectivity index (χ0v) is 13.0. The number of rotatable bonds is 5. The Morgan fingerprint density at radius 2 is 2.23 bits per heavy atom. The summed E-state index contributed by atoms with van der Waals surface area (Å²) < 4.78 is 4.91. The van der Waals surface area contributed by atoms with Crippen molar-refractivity contribution in [3.05, 3.63) is 38.4 Å². The molecular weight excluding hydrogens is 308 g/mol. The van der Waals surface area contributed by atoms with Gasteiger partial charge in [0.2, 0.25) is 5.13 Å². The molecule has 0 radical (unpaired) electrons. The third-order valence-corrected chi connectivity index (χ3v) is 3.89. The van der Waals surface area contributed by atoms with Gasteiger partial charge in [-0.25, -0.2) is 4.98 Å². The van der Waals surface area contributed by atoms with Crippen LogP contribution in [0.3, 0.4) is 0 Å². The van der Waals surface area contributed by atoms with Gasteiger partial charge in [0.1, 0.15) is 0 Å². The van der Waals surface area contributed by atoms with Crippen LogP contribution in [0.2, 0.25) is 0 Å². The van der Waals surface area contributed by atoms with Crippen LogP contribution < -0.4 is 10.2 Å². The molecule has 0 saturated heterocycles. The third kappa shape index (κ3) is 3.31. The smallest absolute Gasteiger partial charge is 0.274 e. The molecule has 2 N–H and O–H groups in total. The number of phenolic OH excluding ortho intramolecular Hbond substituents is 1. The van der Waals surface area contributed by atoms with Gasteiger partial charge in [-0.1, -0.05) is 0 Å². The minimum Gasteiger partial charge on any atom is -0.504 e. The second-order valence-corrected chi connectivity index (χ2v) is 5.58. The summed E-state index contributed by atoms with van der Waals surface area (Å²) in [7, 11) is 1.32. The Balaban J connectivity index is 2.25. The molecule has 22 heavy (non-hydrogen) atoms. The number of aromatic hydroxyl groups is 1. The fourth-order valence-corrected chi connectivity index (χ4v) is 2.42. The maximum absolute atomic E-state index is 10.9. The van der Waals surface area contributed by atoms with Crippen molar-refractivity contribution in [2.45, 2.75) is 13.8 Å². The Hall–Kier alpha value is -2.68. The lowest BCUT2D eigenvalue weighted by Gasteiger charge is -2.05. The minimum absolute atomic E-state index is 0.0107. The quantitative estimate of drug-likeness (QED) is 0.497. The number of phenols is 1. The van der Waals surface area contributed by atoms with Gasteiger partial charge in [0.25, 0.3) is 5.69 Å². The molecule has 9 heteroatoms. The Bertz CT molecular complexity index is 722. The SMILES string of the molecule is COc1cc([N+](=O)[O-])cc(/C=N/Nc2nc(C)c(C)s2)c1O. The average Bonchev–Trinajstić information content (AvgIpc) is 2.79. The highest BCUT2D eigenvalue weighted by molar-refractivity contribution is 7.15. The summed E-state index contributed by atoms with van der Waals surface area (Å²) in [5.74, 6) is -0.207. The van der Waals surface area contributed by atoms with Crippen LogP contribution in [0.15, 0.2) is 17.2 Å². The molecule has 0 aliphatic carbocycles. The summed E-state index contributed by atoms with van der Waals surface area (Å²) in [6.45, 7) is 3.83. The summed E-state index contributed by atoms with van der Waals surface area (Å²) in [6, 6.07) is 2.36. The monoisotopic (exact) mass is 322 g/mol. The van der Waals surface area contributed by atoms with Crippen molar-refractivity contribution in [2.75, 3.05) is 12.5 Å². The molecule has 1 heterocycles. The van der Waals surface area contributed by atoms with E-state index in [1.165, 1.54) is 30.7 Å². The van der Waals surface area contributed by atoms with E-state index in [0.29, 0.717) is 5.13 Å². The number of nitro benzene ring substituents is 1. The minimum atomic E-state index is -0.569. The summed E-state index contributed by atoms with van der Waals surface area (Å²) in [5.41, 5.74) is 3.60. The molecule has 0 saturated carbocycles. The van der Waals surface area contributed by atoms with Crippen molar-refractivity contribution in [3.8, 4) is 11.5 Å². The van der Waals surface area contributed by atoms with E-state index in [1.54, 1.807) is 0 Å². The number of hydrazone groups is 1. The van der Waals surface area contributed by atoms with Gasteiger partial charge in [0.15, 0.2) is 11.5 Å². The number of nitrogens with zero attached hydrogens (tertiary/aromatic N) is 3. The highest BCUT2D eigenvalue weighted by Gasteiger charge is 2.15. The maximum atomic E-state index is 10.9. The number of hydrogen-bond acceptors (Lipinski definition) is 8. The van der Waals surface area contributed by atoms with E-state index in [9.17, 15) is 15.2 Å². The second-order valence-electron chi connectivity index (χ2n) is 4.37. The molecule has 1 aromatic heterocycles. The lowest BCUT2D eigenvalue weighted by Crippen LogP contribution is -1.96. The molecule has 0 bridgehead atoms. The van der Waals surface area contributed by atoms with Gasteiger partial charge in [0.05, 0.1) is 30.0 Å². The molecular formula is C13H14N4O4S. The second kappa shape index (κ2) is 6.39. The first-order chi connectivity index (χ1) is 10.4. The number of methoxy groups -OCH3 is 1. The summed E-state index contributed by atoms with van der Waals surface area (Å²) in [5, 5.41) is 25.4. The normalized spacial score (nSPS) is 10.9. The zero-order valence-electron chi connectivity index (χ0n) is 12.2. The van der Waals surface area contributed by atoms with Crippen LogP contribution in [0.1, 0.15) is 16.1 Å². The van der Waals surface area contributed by atoms with Gasteiger partial charge in [-0.3, -0.25) is 15.5 Å². The van der Waals surface area contributed by atoms with E-state index < -0.39 is 4.92 Å². The van der Waals surface area contributed by atoms with Gasteiger partial charge >= 0.3 is 0 Å². The first-order valence-electron chi connectivity index (χ1n) is 6.21. The molecule has 0 atom stereocenters. The number of nitrogens with one attached hydrogen (secondary N) is 1. The van der Waals surface area contributed by atoms with Crippen molar-refractivity contribution in [1.82, 2.24) is 4.98 Å². The van der Waals surface area contributed by atoms with Gasteiger partial charge in [-0.2, -0.15) is 5.10 Å². The average molecular weight is 322 g/mol. The molecule has 8 nitrogen and oxygen atoms in total. The summed E-state index contributed by atoms with van der Waals surface area (Å²) >= 11 is 1.44. The number of nitro groups is 1. The largest absolute Gasteiger partial charge is 0.504 e. The first-order valence-corrected chi connectivity index (χ1v) is 7.02. The van der Waals surface area contributed by atoms with Crippen molar-refractivity contribution in [2.24, 2.45) is 5.10 Å².